The van der Waals surface area contributed by atoms with Crippen molar-refractivity contribution in [3.8, 4) is 0 Å². The third kappa shape index (κ3) is 2.65. The van der Waals surface area contributed by atoms with E-state index in [2.05, 4.69) is 26.0 Å². The number of thiophene rings is 1. The number of aryl methyl sites for hydroxylation is 1. The molecule has 0 bridgehead atoms. The number of rotatable bonds is 4. The lowest BCUT2D eigenvalue weighted by molar-refractivity contribution is -0.0154. The standard InChI is InChI=1S/C13H20O2S/c1-3-10-4-5-11(16-10)8-12(14)13-9(2)6-7-15-13/h4-5,9,12-14H,3,6-8H2,1-2H3. The van der Waals surface area contributed by atoms with Crippen LogP contribution in [0.3, 0.4) is 0 Å². The van der Waals surface area contributed by atoms with E-state index >= 15 is 0 Å². The van der Waals surface area contributed by atoms with Crippen LogP contribution in [0.5, 0.6) is 0 Å². The van der Waals surface area contributed by atoms with E-state index in [1.165, 1.54) is 9.75 Å². The molecule has 1 aromatic heterocycles. The van der Waals surface area contributed by atoms with E-state index in [0.29, 0.717) is 5.92 Å². The lowest BCUT2D eigenvalue weighted by Crippen LogP contribution is -2.31. The Hall–Kier alpha value is -0.380. The zero-order valence-corrected chi connectivity index (χ0v) is 10.8. The first-order valence-electron chi connectivity index (χ1n) is 6.08. The molecular weight excluding hydrogens is 220 g/mol. The Kier molecular flexibility index (Phi) is 4.00. The third-order valence-electron chi connectivity index (χ3n) is 3.30. The lowest BCUT2D eigenvalue weighted by Gasteiger charge is -2.20. The second-order valence-electron chi connectivity index (χ2n) is 4.59. The van der Waals surface area contributed by atoms with Crippen LogP contribution in [0.1, 0.15) is 30.0 Å². The van der Waals surface area contributed by atoms with Gasteiger partial charge in [-0.1, -0.05) is 13.8 Å². The van der Waals surface area contributed by atoms with E-state index in [-0.39, 0.29) is 12.2 Å². The Morgan fingerprint density at radius 1 is 1.50 bits per heavy atom. The molecule has 3 heteroatoms. The maximum absolute atomic E-state index is 10.1. The van der Waals surface area contributed by atoms with Crippen LogP contribution in [0.2, 0.25) is 0 Å². The lowest BCUT2D eigenvalue weighted by atomic mass is 9.97. The number of ether oxygens (including phenoxy) is 1. The molecule has 0 aliphatic carbocycles. The summed E-state index contributed by atoms with van der Waals surface area (Å²) in [7, 11) is 0. The zero-order chi connectivity index (χ0) is 11.5. The molecule has 0 aromatic carbocycles. The summed E-state index contributed by atoms with van der Waals surface area (Å²) < 4.78 is 5.59. The van der Waals surface area contributed by atoms with E-state index < -0.39 is 0 Å². The van der Waals surface area contributed by atoms with Crippen LogP contribution in [-0.4, -0.2) is 23.9 Å². The molecule has 0 spiro atoms. The molecule has 3 atom stereocenters. The SMILES string of the molecule is CCc1ccc(CC(O)C2OCCC2C)s1. The molecule has 1 saturated heterocycles. The van der Waals surface area contributed by atoms with Gasteiger partial charge in [-0.05, 0) is 30.9 Å². The highest BCUT2D eigenvalue weighted by Gasteiger charge is 2.30. The van der Waals surface area contributed by atoms with Crippen molar-refractivity contribution in [3.05, 3.63) is 21.9 Å². The first-order valence-corrected chi connectivity index (χ1v) is 6.89. The highest BCUT2D eigenvalue weighted by molar-refractivity contribution is 7.11. The van der Waals surface area contributed by atoms with Crippen LogP contribution in [0.15, 0.2) is 12.1 Å². The molecular formula is C13H20O2S. The average Bonchev–Trinajstić information content (AvgIpc) is 2.86. The van der Waals surface area contributed by atoms with Crippen molar-refractivity contribution in [1.29, 1.82) is 0 Å². The minimum Gasteiger partial charge on any atom is -0.390 e. The van der Waals surface area contributed by atoms with Gasteiger partial charge in [0.05, 0.1) is 12.2 Å². The maximum Gasteiger partial charge on any atom is 0.0863 e. The van der Waals surface area contributed by atoms with Gasteiger partial charge >= 0.3 is 0 Å². The zero-order valence-electron chi connectivity index (χ0n) is 9.98. The summed E-state index contributed by atoms with van der Waals surface area (Å²) in [4.78, 5) is 2.66. The van der Waals surface area contributed by atoms with Crippen LogP contribution in [0.25, 0.3) is 0 Å². The fourth-order valence-corrected chi connectivity index (χ4v) is 3.26. The van der Waals surface area contributed by atoms with Crippen molar-refractivity contribution in [1.82, 2.24) is 0 Å². The summed E-state index contributed by atoms with van der Waals surface area (Å²) in [6, 6.07) is 4.29. The monoisotopic (exact) mass is 240 g/mol. The van der Waals surface area contributed by atoms with Crippen LogP contribution in [-0.2, 0) is 17.6 Å². The summed E-state index contributed by atoms with van der Waals surface area (Å²) >= 11 is 1.81. The Labute approximate surface area is 101 Å². The second-order valence-corrected chi connectivity index (χ2v) is 5.85. The van der Waals surface area contributed by atoms with E-state index in [4.69, 9.17) is 4.74 Å². The molecule has 1 aliphatic rings. The fraction of sp³-hybridized carbons (Fsp3) is 0.692. The van der Waals surface area contributed by atoms with Crippen molar-refractivity contribution in [2.75, 3.05) is 6.61 Å². The van der Waals surface area contributed by atoms with Gasteiger partial charge in [0.15, 0.2) is 0 Å². The van der Waals surface area contributed by atoms with Crippen LogP contribution in [0, 0.1) is 5.92 Å². The van der Waals surface area contributed by atoms with Gasteiger partial charge in [0.25, 0.3) is 0 Å². The molecule has 0 saturated carbocycles. The van der Waals surface area contributed by atoms with Crippen molar-refractivity contribution < 1.29 is 9.84 Å². The molecule has 1 fully saturated rings. The minimum absolute atomic E-state index is 0.0344. The molecule has 3 unspecified atom stereocenters. The fourth-order valence-electron chi connectivity index (χ4n) is 2.25. The predicted molar refractivity (Wildman–Crippen MR) is 66.9 cm³/mol. The van der Waals surface area contributed by atoms with Crippen molar-refractivity contribution in [2.24, 2.45) is 5.92 Å². The van der Waals surface area contributed by atoms with E-state index in [1.54, 1.807) is 11.3 Å². The summed E-state index contributed by atoms with van der Waals surface area (Å²) in [5, 5.41) is 10.1. The number of hydrogen-bond donors (Lipinski definition) is 1. The largest absolute Gasteiger partial charge is 0.390 e. The van der Waals surface area contributed by atoms with Gasteiger partial charge in [-0.2, -0.15) is 0 Å². The maximum atomic E-state index is 10.1. The molecule has 1 aliphatic heterocycles. The first-order chi connectivity index (χ1) is 7.70. The highest BCUT2D eigenvalue weighted by Crippen LogP contribution is 2.26. The molecule has 0 amide bonds. The van der Waals surface area contributed by atoms with Gasteiger partial charge in [-0.15, -0.1) is 11.3 Å². The second kappa shape index (κ2) is 5.30. The molecule has 90 valence electrons. The summed E-state index contributed by atoms with van der Waals surface area (Å²) in [5.41, 5.74) is 0. The van der Waals surface area contributed by atoms with Crippen molar-refractivity contribution in [2.45, 2.75) is 45.3 Å². The quantitative estimate of drug-likeness (QED) is 0.876. The topological polar surface area (TPSA) is 29.5 Å². The average molecular weight is 240 g/mol. The van der Waals surface area contributed by atoms with E-state index in [0.717, 1.165) is 25.9 Å². The first kappa shape index (κ1) is 12.1. The molecule has 0 radical (unpaired) electrons. The third-order valence-corrected chi connectivity index (χ3v) is 4.55. The normalized spacial score (nSPS) is 27.2. The molecule has 2 nitrogen and oxygen atoms in total. The number of aliphatic hydroxyl groups excluding tert-OH is 1. The number of aliphatic hydroxyl groups is 1. The van der Waals surface area contributed by atoms with Gasteiger partial charge in [-0.25, -0.2) is 0 Å². The summed E-state index contributed by atoms with van der Waals surface area (Å²) in [6.07, 6.45) is 2.58. The Balaban J connectivity index is 1.93. The molecule has 2 rings (SSSR count). The molecule has 1 N–H and O–H groups in total. The van der Waals surface area contributed by atoms with Gasteiger partial charge in [0.1, 0.15) is 0 Å². The molecule has 16 heavy (non-hydrogen) atoms. The van der Waals surface area contributed by atoms with E-state index in [1.807, 2.05) is 0 Å². The van der Waals surface area contributed by atoms with Gasteiger partial charge in [-0.3, -0.25) is 0 Å². The van der Waals surface area contributed by atoms with Crippen LogP contribution >= 0.6 is 11.3 Å². The van der Waals surface area contributed by atoms with Crippen LogP contribution < -0.4 is 0 Å². The van der Waals surface area contributed by atoms with Gasteiger partial charge in [0.2, 0.25) is 0 Å². The van der Waals surface area contributed by atoms with E-state index in [9.17, 15) is 5.11 Å². The van der Waals surface area contributed by atoms with Gasteiger partial charge < -0.3 is 9.84 Å². The molecule has 2 heterocycles. The summed E-state index contributed by atoms with van der Waals surface area (Å²) in [6.45, 7) is 5.12. The number of hydrogen-bond acceptors (Lipinski definition) is 3. The van der Waals surface area contributed by atoms with Crippen molar-refractivity contribution >= 4 is 11.3 Å². The Morgan fingerprint density at radius 2 is 2.25 bits per heavy atom. The van der Waals surface area contributed by atoms with Crippen LogP contribution in [0.4, 0.5) is 0 Å². The summed E-state index contributed by atoms with van der Waals surface area (Å²) in [5.74, 6) is 0.487. The minimum atomic E-state index is -0.346. The van der Waals surface area contributed by atoms with Crippen molar-refractivity contribution in [3.63, 3.8) is 0 Å². The smallest absolute Gasteiger partial charge is 0.0863 e. The highest BCUT2D eigenvalue weighted by atomic mass is 32.1. The van der Waals surface area contributed by atoms with Gasteiger partial charge in [0, 0.05) is 22.8 Å². The molecule has 1 aromatic rings. The Morgan fingerprint density at radius 3 is 2.81 bits per heavy atom. The predicted octanol–water partition coefficient (Wildman–Crippen LogP) is 2.64. The Bertz CT molecular complexity index is 334.